The SMILES string of the molecule is CS(=O)(=O)CCNC(=O)C1CCCN(C2CCN(Cc3ccncc3)CC2)C1. The van der Waals surface area contributed by atoms with Crippen LogP contribution in [-0.4, -0.2) is 79.9 Å². The van der Waals surface area contributed by atoms with Crippen molar-refractivity contribution in [2.75, 3.05) is 44.7 Å². The van der Waals surface area contributed by atoms with E-state index in [0.29, 0.717) is 6.04 Å². The number of carbonyl (C=O) groups is 1. The zero-order valence-electron chi connectivity index (χ0n) is 16.7. The number of amides is 1. The first kappa shape index (κ1) is 21.2. The van der Waals surface area contributed by atoms with Gasteiger partial charge in [0.25, 0.3) is 0 Å². The minimum atomic E-state index is -3.04. The van der Waals surface area contributed by atoms with Gasteiger partial charge >= 0.3 is 0 Å². The van der Waals surface area contributed by atoms with Crippen LogP contribution >= 0.6 is 0 Å². The van der Waals surface area contributed by atoms with E-state index >= 15 is 0 Å². The van der Waals surface area contributed by atoms with E-state index in [2.05, 4.69) is 32.2 Å². The zero-order chi connectivity index (χ0) is 20.0. The molecule has 1 N–H and O–H groups in total. The van der Waals surface area contributed by atoms with Crippen molar-refractivity contribution in [2.45, 2.75) is 38.3 Å². The topological polar surface area (TPSA) is 82.6 Å². The Morgan fingerprint density at radius 2 is 1.89 bits per heavy atom. The number of sulfone groups is 1. The predicted molar refractivity (Wildman–Crippen MR) is 110 cm³/mol. The molecule has 0 aliphatic carbocycles. The van der Waals surface area contributed by atoms with Gasteiger partial charge in [-0.15, -0.1) is 0 Å². The van der Waals surface area contributed by atoms with Crippen LogP contribution in [0, 0.1) is 5.92 Å². The second-order valence-electron chi connectivity index (χ2n) is 8.12. The van der Waals surface area contributed by atoms with Crippen LogP contribution in [-0.2, 0) is 21.2 Å². The lowest BCUT2D eigenvalue weighted by Crippen LogP contribution is -2.50. The van der Waals surface area contributed by atoms with Gasteiger partial charge in [0, 0.05) is 44.3 Å². The highest BCUT2D eigenvalue weighted by atomic mass is 32.2. The second kappa shape index (κ2) is 9.80. The zero-order valence-corrected chi connectivity index (χ0v) is 17.5. The van der Waals surface area contributed by atoms with Crippen molar-refractivity contribution in [3.63, 3.8) is 0 Å². The molecular formula is C20H32N4O3S. The van der Waals surface area contributed by atoms with E-state index in [4.69, 9.17) is 0 Å². The van der Waals surface area contributed by atoms with Crippen LogP contribution in [0.1, 0.15) is 31.2 Å². The monoisotopic (exact) mass is 408 g/mol. The second-order valence-corrected chi connectivity index (χ2v) is 10.4. The van der Waals surface area contributed by atoms with Gasteiger partial charge in [-0.3, -0.25) is 19.6 Å². The Kier molecular flexibility index (Phi) is 7.42. The van der Waals surface area contributed by atoms with Crippen LogP contribution in [0.4, 0.5) is 0 Å². The minimum absolute atomic E-state index is 0.00322. The summed E-state index contributed by atoms with van der Waals surface area (Å²) in [7, 11) is -3.04. The van der Waals surface area contributed by atoms with Crippen LogP contribution in [0.3, 0.4) is 0 Å². The number of hydrogen-bond donors (Lipinski definition) is 1. The van der Waals surface area contributed by atoms with E-state index < -0.39 is 9.84 Å². The molecule has 0 bridgehead atoms. The van der Waals surface area contributed by atoms with Crippen molar-refractivity contribution in [2.24, 2.45) is 5.92 Å². The third-order valence-corrected chi connectivity index (χ3v) is 6.77. The Morgan fingerprint density at radius 3 is 2.57 bits per heavy atom. The van der Waals surface area contributed by atoms with Gasteiger partial charge in [-0.25, -0.2) is 8.42 Å². The fourth-order valence-electron chi connectivity index (χ4n) is 4.25. The van der Waals surface area contributed by atoms with E-state index in [1.807, 2.05) is 12.4 Å². The van der Waals surface area contributed by atoms with Crippen LogP contribution in [0.5, 0.6) is 0 Å². The predicted octanol–water partition coefficient (Wildman–Crippen LogP) is 0.919. The average molecular weight is 409 g/mol. The van der Waals surface area contributed by atoms with Gasteiger partial charge in [-0.1, -0.05) is 0 Å². The number of rotatable bonds is 7. The smallest absolute Gasteiger partial charge is 0.224 e. The van der Waals surface area contributed by atoms with E-state index in [1.165, 1.54) is 11.8 Å². The summed E-state index contributed by atoms with van der Waals surface area (Å²) >= 11 is 0. The Labute approximate surface area is 168 Å². The number of piperidine rings is 2. The van der Waals surface area contributed by atoms with Crippen molar-refractivity contribution in [1.29, 1.82) is 0 Å². The summed E-state index contributed by atoms with van der Waals surface area (Å²) in [6.07, 6.45) is 9.07. The first-order valence-electron chi connectivity index (χ1n) is 10.2. The molecule has 0 saturated carbocycles. The third-order valence-electron chi connectivity index (χ3n) is 5.82. The highest BCUT2D eigenvalue weighted by Gasteiger charge is 2.31. The number of pyridine rings is 1. The Hall–Kier alpha value is -1.51. The summed E-state index contributed by atoms with van der Waals surface area (Å²) in [6.45, 7) is 5.19. The molecule has 7 nitrogen and oxygen atoms in total. The maximum Gasteiger partial charge on any atom is 0.224 e. The van der Waals surface area contributed by atoms with E-state index in [1.54, 1.807) is 0 Å². The summed E-state index contributed by atoms with van der Waals surface area (Å²) < 4.78 is 22.4. The Bertz CT molecular complexity index is 733. The van der Waals surface area contributed by atoms with E-state index in [0.717, 1.165) is 58.4 Å². The molecule has 3 rings (SSSR count). The fraction of sp³-hybridized carbons (Fsp3) is 0.700. The molecule has 1 atom stereocenters. The molecular weight excluding hydrogens is 376 g/mol. The molecule has 0 spiro atoms. The molecule has 8 heteroatoms. The Morgan fingerprint density at radius 1 is 1.18 bits per heavy atom. The standard InChI is InChI=1S/C20H32N4O3S/c1-28(26,27)14-10-22-20(25)18-3-2-11-24(16-18)19-6-12-23(13-7-19)15-17-4-8-21-9-5-17/h4-5,8-9,18-19H,2-3,6-7,10-16H2,1H3,(H,22,25). The maximum atomic E-state index is 12.4. The van der Waals surface area contributed by atoms with Crippen molar-refractivity contribution >= 4 is 15.7 Å². The lowest BCUT2D eigenvalue weighted by molar-refractivity contribution is -0.127. The third kappa shape index (κ3) is 6.53. The lowest BCUT2D eigenvalue weighted by Gasteiger charge is -2.42. The van der Waals surface area contributed by atoms with Gasteiger partial charge in [0.15, 0.2) is 0 Å². The summed E-state index contributed by atoms with van der Waals surface area (Å²) in [6, 6.07) is 4.69. The first-order valence-corrected chi connectivity index (χ1v) is 12.3. The van der Waals surface area contributed by atoms with Gasteiger partial charge < -0.3 is 5.32 Å². The average Bonchev–Trinajstić information content (AvgIpc) is 2.68. The molecule has 2 saturated heterocycles. The van der Waals surface area contributed by atoms with Gasteiger partial charge in [-0.2, -0.15) is 0 Å². The maximum absolute atomic E-state index is 12.4. The molecule has 2 aliphatic heterocycles. The van der Waals surface area contributed by atoms with Crippen LogP contribution in [0.25, 0.3) is 0 Å². The molecule has 1 unspecified atom stereocenters. The van der Waals surface area contributed by atoms with Gasteiger partial charge in [0.05, 0.1) is 11.7 Å². The van der Waals surface area contributed by atoms with Gasteiger partial charge in [-0.05, 0) is 63.0 Å². The molecule has 2 aliphatic rings. The van der Waals surface area contributed by atoms with Gasteiger partial charge in [0.2, 0.25) is 5.91 Å². The molecule has 1 aromatic rings. The summed E-state index contributed by atoms with van der Waals surface area (Å²) in [4.78, 5) is 21.5. The largest absolute Gasteiger partial charge is 0.355 e. The number of likely N-dealkylation sites (tertiary alicyclic amines) is 2. The van der Waals surface area contributed by atoms with Crippen LogP contribution < -0.4 is 5.32 Å². The molecule has 0 radical (unpaired) electrons. The molecule has 1 amide bonds. The van der Waals surface area contributed by atoms with Crippen molar-refractivity contribution in [1.82, 2.24) is 20.1 Å². The normalized spacial score (nSPS) is 22.8. The van der Waals surface area contributed by atoms with Crippen molar-refractivity contribution < 1.29 is 13.2 Å². The fourth-order valence-corrected chi connectivity index (χ4v) is 4.72. The number of nitrogens with one attached hydrogen (secondary N) is 1. The van der Waals surface area contributed by atoms with Crippen LogP contribution in [0.2, 0.25) is 0 Å². The number of carbonyl (C=O) groups excluding carboxylic acids is 1. The summed E-state index contributed by atoms with van der Waals surface area (Å²) in [5, 5.41) is 2.81. The number of aromatic nitrogens is 1. The quantitative estimate of drug-likeness (QED) is 0.722. The molecule has 1 aromatic heterocycles. The van der Waals surface area contributed by atoms with Crippen molar-refractivity contribution in [3.05, 3.63) is 30.1 Å². The molecule has 2 fully saturated rings. The highest BCUT2D eigenvalue weighted by molar-refractivity contribution is 7.90. The summed E-state index contributed by atoms with van der Waals surface area (Å²) in [5.41, 5.74) is 1.30. The minimum Gasteiger partial charge on any atom is -0.355 e. The summed E-state index contributed by atoms with van der Waals surface area (Å²) in [5.74, 6) is -0.0166. The molecule has 28 heavy (non-hydrogen) atoms. The number of hydrogen-bond acceptors (Lipinski definition) is 6. The van der Waals surface area contributed by atoms with E-state index in [9.17, 15) is 13.2 Å². The van der Waals surface area contributed by atoms with Crippen molar-refractivity contribution in [3.8, 4) is 0 Å². The molecule has 156 valence electrons. The van der Waals surface area contributed by atoms with Crippen LogP contribution in [0.15, 0.2) is 24.5 Å². The van der Waals surface area contributed by atoms with Gasteiger partial charge in [0.1, 0.15) is 9.84 Å². The Balaban J connectivity index is 1.43. The molecule has 3 heterocycles. The highest BCUT2D eigenvalue weighted by Crippen LogP contribution is 2.24. The first-order chi connectivity index (χ1) is 13.4. The number of nitrogens with zero attached hydrogens (tertiary/aromatic N) is 3. The molecule has 0 aromatic carbocycles. The van der Waals surface area contributed by atoms with E-state index in [-0.39, 0.29) is 24.1 Å². The lowest BCUT2D eigenvalue weighted by atomic mass is 9.93.